The quantitative estimate of drug-likeness (QED) is 0.618. The van der Waals surface area contributed by atoms with Crippen LogP contribution in [-0.4, -0.2) is 22.6 Å². The van der Waals surface area contributed by atoms with Crippen LogP contribution in [-0.2, 0) is 14.4 Å². The van der Waals surface area contributed by atoms with Gasteiger partial charge in [0.1, 0.15) is 17.5 Å². The number of Topliss-reactive ketones (excluding diaryl/α,β-unsaturated/α-hetero) is 2. The molecule has 1 unspecified atom stereocenters. The van der Waals surface area contributed by atoms with Gasteiger partial charge in [-0.3, -0.25) is 14.4 Å². The minimum absolute atomic E-state index is 0.157. The van der Waals surface area contributed by atoms with Gasteiger partial charge in [0.05, 0.1) is 0 Å². The van der Waals surface area contributed by atoms with E-state index in [0.29, 0.717) is 0 Å². The van der Waals surface area contributed by atoms with Crippen LogP contribution in [0.5, 0.6) is 0 Å². The van der Waals surface area contributed by atoms with E-state index in [-0.39, 0.29) is 18.6 Å². The highest BCUT2D eigenvalue weighted by atomic mass is 16.4. The van der Waals surface area contributed by atoms with Gasteiger partial charge in [0.2, 0.25) is 0 Å². The molecular formula is C8H12O4. The highest BCUT2D eigenvalue weighted by Gasteiger charge is 2.25. The normalized spacial score (nSPS) is 12.2. The lowest BCUT2D eigenvalue weighted by molar-refractivity contribution is -0.148. The van der Waals surface area contributed by atoms with E-state index in [9.17, 15) is 14.4 Å². The minimum atomic E-state index is -1.21. The zero-order valence-corrected chi connectivity index (χ0v) is 7.16. The fourth-order valence-corrected chi connectivity index (χ4v) is 0.873. The first-order chi connectivity index (χ1) is 5.49. The third-order valence-electron chi connectivity index (χ3n) is 1.53. The summed E-state index contributed by atoms with van der Waals surface area (Å²) in [4.78, 5) is 32.0. The maximum Gasteiger partial charge on any atom is 0.314 e. The van der Waals surface area contributed by atoms with Crippen LogP contribution in [0.3, 0.4) is 0 Å². The first-order valence-corrected chi connectivity index (χ1v) is 3.74. The molecule has 0 aromatic carbocycles. The third-order valence-corrected chi connectivity index (χ3v) is 1.53. The van der Waals surface area contributed by atoms with Gasteiger partial charge in [0, 0.05) is 12.8 Å². The maximum atomic E-state index is 11.0. The Kier molecular flexibility index (Phi) is 4.18. The van der Waals surface area contributed by atoms with Crippen LogP contribution >= 0.6 is 0 Å². The second-order valence-electron chi connectivity index (χ2n) is 2.62. The van der Waals surface area contributed by atoms with Gasteiger partial charge in [0.15, 0.2) is 0 Å². The summed E-state index contributed by atoms with van der Waals surface area (Å²) in [6.07, 6.45) is -0.0355. The number of hydrogen-bond acceptors (Lipinski definition) is 3. The molecular weight excluding hydrogens is 160 g/mol. The lowest BCUT2D eigenvalue weighted by Gasteiger charge is -2.06. The molecule has 0 saturated carbocycles. The van der Waals surface area contributed by atoms with Crippen molar-refractivity contribution in [2.75, 3.05) is 0 Å². The van der Waals surface area contributed by atoms with E-state index >= 15 is 0 Å². The number of carboxylic acid groups (broad SMARTS) is 1. The van der Waals surface area contributed by atoms with Crippen LogP contribution in [0, 0.1) is 5.92 Å². The Hall–Kier alpha value is -1.19. The second-order valence-corrected chi connectivity index (χ2v) is 2.62. The van der Waals surface area contributed by atoms with Crippen molar-refractivity contribution in [1.29, 1.82) is 0 Å². The van der Waals surface area contributed by atoms with E-state index in [1.165, 1.54) is 6.92 Å². The summed E-state index contributed by atoms with van der Waals surface area (Å²) in [6, 6.07) is 0. The molecule has 4 heteroatoms. The van der Waals surface area contributed by atoms with E-state index in [4.69, 9.17) is 5.11 Å². The predicted molar refractivity (Wildman–Crippen MR) is 41.7 cm³/mol. The zero-order valence-electron chi connectivity index (χ0n) is 7.16. The molecule has 0 aromatic heterocycles. The van der Waals surface area contributed by atoms with Crippen molar-refractivity contribution in [3.63, 3.8) is 0 Å². The van der Waals surface area contributed by atoms with Crippen LogP contribution in [0.15, 0.2) is 0 Å². The first kappa shape index (κ1) is 10.8. The van der Waals surface area contributed by atoms with Gasteiger partial charge >= 0.3 is 5.97 Å². The number of rotatable bonds is 5. The lowest BCUT2D eigenvalue weighted by Crippen LogP contribution is -2.25. The Bertz CT molecular complexity index is 207. The summed E-state index contributed by atoms with van der Waals surface area (Å²) < 4.78 is 0. The molecule has 1 atom stereocenters. The van der Waals surface area contributed by atoms with Crippen molar-refractivity contribution in [2.45, 2.75) is 26.7 Å². The summed E-state index contributed by atoms with van der Waals surface area (Å²) in [5.41, 5.74) is 0. The number of ketones is 2. The van der Waals surface area contributed by atoms with E-state index in [2.05, 4.69) is 0 Å². The molecule has 0 rings (SSSR count). The van der Waals surface area contributed by atoms with Crippen LogP contribution in [0.2, 0.25) is 0 Å². The summed E-state index contributed by atoms with van der Waals surface area (Å²) >= 11 is 0. The third kappa shape index (κ3) is 3.27. The maximum absolute atomic E-state index is 11.0. The topological polar surface area (TPSA) is 71.4 Å². The SMILES string of the molecule is CCC(=O)C(CC(C)=O)C(=O)O. The minimum Gasteiger partial charge on any atom is -0.481 e. The molecule has 0 amide bonds. The highest BCUT2D eigenvalue weighted by Crippen LogP contribution is 2.07. The van der Waals surface area contributed by atoms with Gasteiger partial charge in [-0.05, 0) is 6.92 Å². The molecule has 0 bridgehead atoms. The fourth-order valence-electron chi connectivity index (χ4n) is 0.873. The molecule has 0 fully saturated rings. The van der Waals surface area contributed by atoms with Crippen LogP contribution < -0.4 is 0 Å². The van der Waals surface area contributed by atoms with Crippen LogP contribution in [0.1, 0.15) is 26.7 Å². The van der Waals surface area contributed by atoms with E-state index < -0.39 is 17.7 Å². The van der Waals surface area contributed by atoms with Crippen molar-refractivity contribution in [3.8, 4) is 0 Å². The van der Waals surface area contributed by atoms with Crippen molar-refractivity contribution >= 4 is 17.5 Å². The summed E-state index contributed by atoms with van der Waals surface area (Å²) in [6.45, 7) is 2.86. The Labute approximate surface area is 70.6 Å². The number of aliphatic carboxylic acids is 1. The van der Waals surface area contributed by atoms with E-state index in [0.717, 1.165) is 0 Å². The Morgan fingerprint density at radius 1 is 1.33 bits per heavy atom. The van der Waals surface area contributed by atoms with Crippen LogP contribution in [0.4, 0.5) is 0 Å². The van der Waals surface area contributed by atoms with Gasteiger partial charge in [-0.1, -0.05) is 6.92 Å². The van der Waals surface area contributed by atoms with Crippen molar-refractivity contribution in [3.05, 3.63) is 0 Å². The smallest absolute Gasteiger partial charge is 0.314 e. The Balaban J connectivity index is 4.33. The number of carbonyl (C=O) groups excluding carboxylic acids is 2. The molecule has 0 saturated heterocycles. The van der Waals surface area contributed by atoms with E-state index in [1.807, 2.05) is 0 Å². The zero-order chi connectivity index (χ0) is 9.72. The van der Waals surface area contributed by atoms with Crippen molar-refractivity contribution < 1.29 is 19.5 Å². The summed E-state index contributed by atoms with van der Waals surface area (Å²) in [7, 11) is 0. The molecule has 0 aliphatic heterocycles. The lowest BCUT2D eigenvalue weighted by atomic mass is 9.97. The summed E-state index contributed by atoms with van der Waals surface area (Å²) in [5.74, 6) is -3.02. The fraction of sp³-hybridized carbons (Fsp3) is 0.625. The molecule has 0 aliphatic rings. The van der Waals surface area contributed by atoms with E-state index in [1.54, 1.807) is 6.92 Å². The monoisotopic (exact) mass is 172 g/mol. The molecule has 12 heavy (non-hydrogen) atoms. The molecule has 0 heterocycles. The van der Waals surface area contributed by atoms with Gasteiger partial charge in [-0.2, -0.15) is 0 Å². The standard InChI is InChI=1S/C8H12O4/c1-3-7(10)6(8(11)12)4-5(2)9/h6H,3-4H2,1-2H3,(H,11,12). The second kappa shape index (κ2) is 4.64. The number of carbonyl (C=O) groups is 3. The van der Waals surface area contributed by atoms with Gasteiger partial charge in [-0.25, -0.2) is 0 Å². The molecule has 0 aromatic rings. The van der Waals surface area contributed by atoms with Crippen LogP contribution in [0.25, 0.3) is 0 Å². The Morgan fingerprint density at radius 2 is 1.83 bits per heavy atom. The van der Waals surface area contributed by atoms with Gasteiger partial charge in [0.25, 0.3) is 0 Å². The highest BCUT2D eigenvalue weighted by molar-refractivity contribution is 6.01. The Morgan fingerprint density at radius 3 is 2.08 bits per heavy atom. The molecule has 0 radical (unpaired) electrons. The molecule has 4 nitrogen and oxygen atoms in total. The summed E-state index contributed by atoms with van der Waals surface area (Å²) in [5, 5.41) is 8.55. The molecule has 0 aliphatic carbocycles. The first-order valence-electron chi connectivity index (χ1n) is 3.74. The number of hydrogen-bond donors (Lipinski definition) is 1. The average molecular weight is 172 g/mol. The predicted octanol–water partition coefficient (Wildman–Crippen LogP) is 0.645. The number of carboxylic acids is 1. The largest absolute Gasteiger partial charge is 0.481 e. The van der Waals surface area contributed by atoms with Crippen molar-refractivity contribution in [2.24, 2.45) is 5.92 Å². The van der Waals surface area contributed by atoms with Crippen molar-refractivity contribution in [1.82, 2.24) is 0 Å². The molecule has 1 N–H and O–H groups in total. The molecule has 68 valence electrons. The average Bonchev–Trinajstić information content (AvgIpc) is 1.98. The molecule has 0 spiro atoms. The van der Waals surface area contributed by atoms with Gasteiger partial charge < -0.3 is 5.11 Å². The van der Waals surface area contributed by atoms with Gasteiger partial charge in [-0.15, -0.1) is 0 Å².